The first-order chi connectivity index (χ1) is 23.3. The molecule has 0 fully saturated rings. The molecule has 49 heavy (non-hydrogen) atoms. The summed E-state index contributed by atoms with van der Waals surface area (Å²) in [6, 6.07) is 27.6. The molecule has 0 aliphatic carbocycles. The van der Waals surface area contributed by atoms with Crippen LogP contribution in [0.1, 0.15) is 22.2 Å². The molecule has 0 bridgehead atoms. The Balaban J connectivity index is 0.000000698. The normalized spacial score (nSPS) is 11.6. The molecule has 14 heteroatoms. The summed E-state index contributed by atoms with van der Waals surface area (Å²) in [6.45, 7) is 0.397. The minimum Gasteiger partial charge on any atom is -0.475 e. The number of urea groups is 1. The number of rotatable bonds is 9. The molecule has 10 nitrogen and oxygen atoms in total. The first-order valence-electron chi connectivity index (χ1n) is 14.6. The Kier molecular flexibility index (Phi) is 11.8. The lowest BCUT2D eigenvalue weighted by molar-refractivity contribution is -0.192. The Labute approximate surface area is 278 Å². The molecule has 0 aliphatic rings. The molecule has 0 aliphatic heterocycles. The van der Waals surface area contributed by atoms with E-state index in [0.717, 1.165) is 16.7 Å². The van der Waals surface area contributed by atoms with E-state index in [-0.39, 0.29) is 17.7 Å². The van der Waals surface area contributed by atoms with E-state index in [9.17, 15) is 27.2 Å². The highest BCUT2D eigenvalue weighted by atomic mass is 19.4. The van der Waals surface area contributed by atoms with Crippen LogP contribution >= 0.6 is 0 Å². The van der Waals surface area contributed by atoms with Crippen LogP contribution in [0.4, 0.5) is 33.7 Å². The van der Waals surface area contributed by atoms with Gasteiger partial charge in [-0.25, -0.2) is 14.0 Å². The smallest absolute Gasteiger partial charge is 0.475 e. The summed E-state index contributed by atoms with van der Waals surface area (Å²) in [7, 11) is 3.94. The number of carboxylic acids is 1. The van der Waals surface area contributed by atoms with E-state index in [0.29, 0.717) is 29.2 Å². The number of aromatic nitrogens is 1. The van der Waals surface area contributed by atoms with Crippen LogP contribution < -0.4 is 16.0 Å². The number of carbonyl (C=O) groups is 3. The number of nitrogens with zero attached hydrogens (tertiary/aromatic N) is 2. The van der Waals surface area contributed by atoms with E-state index in [4.69, 9.17) is 14.3 Å². The molecule has 3 amide bonds. The summed E-state index contributed by atoms with van der Waals surface area (Å²) in [4.78, 5) is 40.7. The summed E-state index contributed by atoms with van der Waals surface area (Å²) < 4.78 is 51.3. The summed E-state index contributed by atoms with van der Waals surface area (Å²) in [5.74, 6) is -2.84. The molecule has 1 atom stereocenters. The summed E-state index contributed by atoms with van der Waals surface area (Å²) in [5.41, 5.74) is 4.26. The number of halogens is 4. The lowest BCUT2D eigenvalue weighted by Gasteiger charge is -2.24. The Bertz CT molecular complexity index is 1870. The van der Waals surface area contributed by atoms with Gasteiger partial charge in [0.05, 0.1) is 6.04 Å². The lowest BCUT2D eigenvalue weighted by atomic mass is 10.0. The number of carbonyl (C=O) groups excluding carboxylic acids is 2. The molecule has 0 spiro atoms. The molecule has 0 radical (unpaired) electrons. The third kappa shape index (κ3) is 10.2. The van der Waals surface area contributed by atoms with Gasteiger partial charge in [0.15, 0.2) is 5.76 Å². The van der Waals surface area contributed by atoms with E-state index < -0.39 is 24.0 Å². The first-order valence-corrected chi connectivity index (χ1v) is 14.6. The summed E-state index contributed by atoms with van der Waals surface area (Å²) >= 11 is 0. The van der Waals surface area contributed by atoms with Gasteiger partial charge in [-0.3, -0.25) is 9.78 Å². The number of aliphatic carboxylic acids is 1. The highest BCUT2D eigenvalue weighted by molar-refractivity contribution is 6.00. The zero-order valence-corrected chi connectivity index (χ0v) is 26.2. The van der Waals surface area contributed by atoms with E-state index in [1.165, 1.54) is 18.2 Å². The van der Waals surface area contributed by atoms with Crippen LogP contribution in [-0.2, 0) is 4.79 Å². The molecule has 0 saturated heterocycles. The Hall–Kier alpha value is -6.02. The van der Waals surface area contributed by atoms with Crippen molar-refractivity contribution in [2.45, 2.75) is 12.2 Å². The minimum absolute atomic E-state index is 0.0117. The molecule has 254 valence electrons. The average molecular weight is 678 g/mol. The second kappa shape index (κ2) is 16.2. The zero-order chi connectivity index (χ0) is 35.6. The summed E-state index contributed by atoms with van der Waals surface area (Å²) in [5, 5.41) is 15.5. The number of amides is 3. The maximum absolute atomic E-state index is 13.4. The van der Waals surface area contributed by atoms with Crippen LogP contribution in [0.5, 0.6) is 0 Å². The van der Waals surface area contributed by atoms with Crippen molar-refractivity contribution in [3.63, 3.8) is 0 Å². The first kappa shape index (κ1) is 35.8. The molecule has 1 unspecified atom stereocenters. The van der Waals surface area contributed by atoms with Crippen molar-refractivity contribution in [1.82, 2.24) is 15.2 Å². The van der Waals surface area contributed by atoms with Crippen LogP contribution in [0.25, 0.3) is 22.5 Å². The standard InChI is InChI=1S/C33H30FN5O3.C2HF3O2/c1-39(2)29(23-7-4-3-5-8-23)21-36-32(40)30-20-28(22-15-17-35-18-16-22)31(42-30)24-11-13-26(14-12-24)37-33(41)38-27-10-6-9-25(34)19-27;3-2(4,5)1(6)7/h3-20,29H,21H2,1-2H3,(H,36,40)(H2,37,38,41);(H,6,7). The molecule has 5 rings (SSSR count). The van der Waals surface area contributed by atoms with Gasteiger partial charge < -0.3 is 30.4 Å². The molecule has 4 N–H and O–H groups in total. The van der Waals surface area contributed by atoms with Crippen LogP contribution in [-0.4, -0.2) is 59.7 Å². The fraction of sp³-hybridized carbons (Fsp3) is 0.143. The second-order valence-electron chi connectivity index (χ2n) is 10.7. The van der Waals surface area contributed by atoms with Gasteiger partial charge >= 0.3 is 18.2 Å². The fourth-order valence-corrected chi connectivity index (χ4v) is 4.58. The Morgan fingerprint density at radius 2 is 1.47 bits per heavy atom. The van der Waals surface area contributed by atoms with Gasteiger partial charge in [-0.15, -0.1) is 0 Å². The monoisotopic (exact) mass is 677 g/mol. The van der Waals surface area contributed by atoms with Crippen molar-refractivity contribution >= 4 is 29.3 Å². The number of alkyl halides is 3. The molecule has 2 heterocycles. The number of hydrogen-bond acceptors (Lipinski definition) is 6. The molecule has 2 aromatic heterocycles. The number of carboxylic acid groups (broad SMARTS) is 1. The molecule has 3 aromatic carbocycles. The van der Waals surface area contributed by atoms with Gasteiger partial charge in [0.1, 0.15) is 11.6 Å². The number of benzene rings is 3. The Morgan fingerprint density at radius 3 is 2.06 bits per heavy atom. The second-order valence-corrected chi connectivity index (χ2v) is 10.7. The predicted molar refractivity (Wildman–Crippen MR) is 175 cm³/mol. The van der Waals surface area contributed by atoms with Crippen molar-refractivity contribution in [3.05, 3.63) is 127 Å². The predicted octanol–water partition coefficient (Wildman–Crippen LogP) is 7.46. The van der Waals surface area contributed by atoms with Gasteiger partial charge in [0.2, 0.25) is 0 Å². The van der Waals surface area contributed by atoms with Gasteiger partial charge in [0, 0.05) is 41.4 Å². The number of pyridine rings is 1. The van der Waals surface area contributed by atoms with Gasteiger partial charge in [-0.2, -0.15) is 13.2 Å². The van der Waals surface area contributed by atoms with Crippen LogP contribution in [0, 0.1) is 5.82 Å². The van der Waals surface area contributed by atoms with Crippen molar-refractivity contribution < 1.29 is 41.5 Å². The SMILES string of the molecule is CN(C)C(CNC(=O)c1cc(-c2ccncc2)c(-c2ccc(NC(=O)Nc3cccc(F)c3)cc2)o1)c1ccccc1.O=C(O)C(F)(F)F. The van der Waals surface area contributed by atoms with Crippen molar-refractivity contribution in [2.75, 3.05) is 31.3 Å². The zero-order valence-electron chi connectivity index (χ0n) is 26.2. The molecular formula is C35H31F4N5O5. The molecule has 0 saturated carbocycles. The third-order valence-electron chi connectivity index (χ3n) is 6.94. The minimum atomic E-state index is -5.08. The van der Waals surface area contributed by atoms with Crippen LogP contribution in [0.2, 0.25) is 0 Å². The Morgan fingerprint density at radius 1 is 0.837 bits per heavy atom. The number of hydrogen-bond donors (Lipinski definition) is 4. The largest absolute Gasteiger partial charge is 0.490 e. The lowest BCUT2D eigenvalue weighted by Crippen LogP contribution is -2.34. The van der Waals surface area contributed by atoms with Crippen LogP contribution in [0.15, 0.2) is 114 Å². The number of likely N-dealkylation sites (N-methyl/N-ethyl adjacent to an activating group) is 1. The van der Waals surface area contributed by atoms with E-state index in [1.54, 1.807) is 48.8 Å². The topological polar surface area (TPSA) is 137 Å². The van der Waals surface area contributed by atoms with Crippen LogP contribution in [0.3, 0.4) is 0 Å². The highest BCUT2D eigenvalue weighted by Gasteiger charge is 2.38. The van der Waals surface area contributed by atoms with Crippen molar-refractivity contribution in [2.24, 2.45) is 0 Å². The maximum Gasteiger partial charge on any atom is 0.490 e. The summed E-state index contributed by atoms with van der Waals surface area (Å²) in [6.07, 6.45) is -1.73. The number of furan rings is 1. The number of anilines is 2. The van der Waals surface area contributed by atoms with Crippen molar-refractivity contribution in [1.29, 1.82) is 0 Å². The average Bonchev–Trinajstić information content (AvgIpc) is 3.52. The molecule has 5 aromatic rings. The fourth-order valence-electron chi connectivity index (χ4n) is 4.58. The van der Waals surface area contributed by atoms with E-state index >= 15 is 0 Å². The van der Waals surface area contributed by atoms with E-state index in [1.807, 2.05) is 56.6 Å². The van der Waals surface area contributed by atoms with Gasteiger partial charge in [-0.05, 0) is 85.9 Å². The van der Waals surface area contributed by atoms with Gasteiger partial charge in [0.25, 0.3) is 5.91 Å². The van der Waals surface area contributed by atoms with E-state index in [2.05, 4.69) is 25.8 Å². The maximum atomic E-state index is 13.4. The van der Waals surface area contributed by atoms with Crippen molar-refractivity contribution in [3.8, 4) is 22.5 Å². The number of nitrogens with one attached hydrogen (secondary N) is 3. The van der Waals surface area contributed by atoms with Gasteiger partial charge in [-0.1, -0.05) is 36.4 Å². The molecular weight excluding hydrogens is 646 g/mol. The third-order valence-corrected chi connectivity index (χ3v) is 6.94. The highest BCUT2D eigenvalue weighted by Crippen LogP contribution is 2.35. The quantitative estimate of drug-likeness (QED) is 0.119.